The van der Waals surface area contributed by atoms with Gasteiger partial charge in [0.1, 0.15) is 39.6 Å². The first-order valence-corrected chi connectivity index (χ1v) is 36.9. The SMILES string of the molecule is CC1OB(O)c2ccc(Nc3nn(C4COCC[C@@H]4C#N)cc3C(N)=O)cc21.N#C[C@@H]1CCOCC1n1cc(C(N)=O)c(Nc2ccc3c(c2)C(Br)=CB(O)O3)n1.N#C[C@@H]1CCOCC1n1cc(C(N)=O)c(Nc2ccc3c(c2)C(Cl)=CB(O)O3)n1.N#C[C@H]1CCOCC1n1cc(C(N)=O)c(Nc2cc(F)c3c(c2)COB3O)n1. The zero-order valence-corrected chi connectivity index (χ0v) is 62.9. The molecular weight excluding hydrogens is 1570 g/mol. The van der Waals surface area contributed by atoms with Gasteiger partial charge in [0.2, 0.25) is 0 Å². The molecule has 8 aromatic rings. The number of anilines is 8. The predicted molar refractivity (Wildman–Crippen MR) is 414 cm³/mol. The summed E-state index contributed by atoms with van der Waals surface area (Å²) in [6.45, 7) is 5.31. The van der Waals surface area contributed by atoms with Gasteiger partial charge in [-0.1, -0.05) is 33.6 Å². The highest BCUT2D eigenvalue weighted by Gasteiger charge is 2.38. The topological polar surface area (TPSA) is 542 Å². The van der Waals surface area contributed by atoms with Crippen LogP contribution in [0.2, 0.25) is 0 Å². The van der Waals surface area contributed by atoms with Crippen molar-refractivity contribution in [2.45, 2.75) is 69.5 Å². The molecule has 8 aliphatic rings. The summed E-state index contributed by atoms with van der Waals surface area (Å²) in [5.41, 5.74) is 28.6. The minimum absolute atomic E-state index is 0.0727. The molecule has 114 heavy (non-hydrogen) atoms. The van der Waals surface area contributed by atoms with E-state index >= 15 is 0 Å². The number of nitrogens with one attached hydrogen (secondary N) is 4. The van der Waals surface area contributed by atoms with Crippen LogP contribution in [0.5, 0.6) is 11.5 Å². The van der Waals surface area contributed by atoms with Gasteiger partial charge < -0.3 is 102 Å². The van der Waals surface area contributed by atoms with Crippen molar-refractivity contribution in [3.63, 3.8) is 0 Å². The lowest BCUT2D eigenvalue weighted by atomic mass is 9.79. The number of nitrogens with two attached hydrogens (primary N) is 4. The van der Waals surface area contributed by atoms with Gasteiger partial charge in [0.15, 0.2) is 23.3 Å². The number of halogens is 3. The largest absolute Gasteiger partial charge is 0.553 e. The summed E-state index contributed by atoms with van der Waals surface area (Å²) < 4.78 is 64.2. The second-order valence-corrected chi connectivity index (χ2v) is 28.5. The van der Waals surface area contributed by atoms with Crippen LogP contribution in [0.25, 0.3) is 9.51 Å². The highest BCUT2D eigenvalue weighted by Crippen LogP contribution is 2.41. The first kappa shape index (κ1) is 80.4. The van der Waals surface area contributed by atoms with Gasteiger partial charge in [-0.05, 0) is 122 Å². The van der Waals surface area contributed by atoms with Gasteiger partial charge in [-0.2, -0.15) is 41.4 Å². The Labute approximate surface area is 663 Å². The fraction of sp³-hybridized carbons (Fsp3) is 0.324. The minimum Gasteiger partial charge on any atom is -0.532 e. The van der Waals surface area contributed by atoms with Crippen LogP contribution in [0.3, 0.4) is 0 Å². The average molecular weight is 1640 g/mol. The zero-order chi connectivity index (χ0) is 80.8. The quantitative estimate of drug-likeness (QED) is 0.0589. The van der Waals surface area contributed by atoms with Gasteiger partial charge in [0, 0.05) is 100 Å². The maximum Gasteiger partial charge on any atom is 0.553 e. The van der Waals surface area contributed by atoms with Gasteiger partial charge in [-0.3, -0.25) is 37.9 Å². The number of amides is 4. The number of hydrogen-bond donors (Lipinski definition) is 12. The van der Waals surface area contributed by atoms with E-state index in [1.807, 2.05) is 13.0 Å². The Morgan fingerprint density at radius 2 is 0.912 bits per heavy atom. The number of hydrogen-bond acceptors (Lipinski definition) is 28. The molecule has 0 aliphatic carbocycles. The molecule has 0 radical (unpaired) electrons. The van der Waals surface area contributed by atoms with E-state index in [4.69, 9.17) is 72.1 Å². The molecule has 584 valence electrons. The normalized spacial score (nSPS) is 21.7. The van der Waals surface area contributed by atoms with E-state index in [9.17, 15) is 64.7 Å². The molecule has 4 aromatic heterocycles. The number of nitriles is 4. The fourth-order valence-electron chi connectivity index (χ4n) is 13.9. The highest BCUT2D eigenvalue weighted by atomic mass is 79.9. The number of nitrogens with zero attached hydrogens (tertiary/aromatic N) is 12. The molecule has 12 heterocycles. The summed E-state index contributed by atoms with van der Waals surface area (Å²) in [6, 6.07) is 26.3. The van der Waals surface area contributed by atoms with Gasteiger partial charge in [-0.15, -0.1) is 0 Å². The molecule has 0 bridgehead atoms. The van der Waals surface area contributed by atoms with E-state index in [0.29, 0.717) is 139 Å². The van der Waals surface area contributed by atoms with E-state index < -0.39 is 57.9 Å². The first-order valence-electron chi connectivity index (χ1n) is 35.7. The summed E-state index contributed by atoms with van der Waals surface area (Å²) in [7, 11) is -4.34. The maximum atomic E-state index is 14.3. The third kappa shape index (κ3) is 17.8. The Morgan fingerprint density at radius 3 is 1.32 bits per heavy atom. The van der Waals surface area contributed by atoms with Crippen LogP contribution in [0.15, 0.2) is 103 Å². The van der Waals surface area contributed by atoms with Gasteiger partial charge >= 0.3 is 28.5 Å². The first-order chi connectivity index (χ1) is 54.9. The van der Waals surface area contributed by atoms with Crippen molar-refractivity contribution in [1.82, 2.24) is 39.1 Å². The average Bonchev–Trinajstić information content (AvgIpc) is 1.73. The van der Waals surface area contributed by atoms with Crippen LogP contribution in [-0.4, -0.2) is 164 Å². The van der Waals surface area contributed by atoms with Gasteiger partial charge in [0.05, 0.1) is 111 Å². The molecule has 5 unspecified atom stereocenters. The number of primary amides is 4. The number of aromatic nitrogens is 8. The van der Waals surface area contributed by atoms with Gasteiger partial charge in [-0.25, -0.2) is 4.39 Å². The van der Waals surface area contributed by atoms with Crippen LogP contribution in [0.1, 0.15) is 127 Å². The lowest BCUT2D eigenvalue weighted by molar-refractivity contribution is 0.0341. The van der Waals surface area contributed by atoms with E-state index in [2.05, 4.69) is 81.9 Å². The monoisotopic (exact) mass is 1640 g/mol. The second kappa shape index (κ2) is 35.2. The molecule has 4 saturated heterocycles. The standard InChI is InChI=1S/C18H17BBrN5O4.C18H17BClN5O4.C18H20BN5O4.C17H17BFN5O4/c2*20-14-6-19(27)29-16-2-1-11(5-12(14)16)23-18-13(17(22)26)8-25(24-18)15-9-28-4-3-10(15)7-21;1-10-13-6-12(2-3-15(13)19(26)28-10)22-18-14(17(21)25)8-24(23-18)16-9-27-5-4-11(16)7-20;19-13-4-11(3-10-7-28-18(26)15(10)13)22-17-12(16(21)25)6-24(23-17)14-8-27-2-1-9(14)5-20/h2*1-2,5-6,8,10,15,27H,3-4,9H2,(H2,22,26)(H,23,24);2-3,6,8,10-11,16,26H,4-5,9H2,1H3,(H2,21,25)(H,22,23);3-4,6,9,14,26H,1-2,7-8H2,(H2,21,25)(H,22,23)/t2*10-,15?;10?,11-,16?;9-,14?/m0011/s1. The van der Waals surface area contributed by atoms with Crippen molar-refractivity contribution in [2.24, 2.45) is 46.6 Å². The maximum absolute atomic E-state index is 14.3. The minimum atomic E-state index is -1.29. The molecule has 8 aliphatic heterocycles. The van der Waals surface area contributed by atoms with E-state index in [1.165, 1.54) is 35.1 Å². The van der Waals surface area contributed by atoms with Gasteiger partial charge in [0.25, 0.3) is 23.6 Å². The van der Waals surface area contributed by atoms with Crippen molar-refractivity contribution in [3.05, 3.63) is 154 Å². The Bertz CT molecular complexity index is 5110. The molecule has 16 N–H and O–H groups in total. The molecule has 9 atom stereocenters. The van der Waals surface area contributed by atoms with E-state index in [1.54, 1.807) is 81.0 Å². The number of benzene rings is 4. The van der Waals surface area contributed by atoms with Crippen molar-refractivity contribution in [1.29, 1.82) is 21.0 Å². The second-order valence-electron chi connectivity index (χ2n) is 27.2. The summed E-state index contributed by atoms with van der Waals surface area (Å²) >= 11 is 9.60. The molecule has 16 rings (SSSR count). The molecule has 0 spiro atoms. The van der Waals surface area contributed by atoms with Crippen LogP contribution in [0.4, 0.5) is 50.4 Å². The number of rotatable bonds is 16. The predicted octanol–water partition coefficient (Wildman–Crippen LogP) is 4.58. The Kier molecular flexibility index (Phi) is 24.8. The molecule has 4 fully saturated rings. The fourth-order valence-corrected chi connectivity index (χ4v) is 14.7. The molecule has 4 amide bonds. The number of ether oxygens (including phenoxy) is 4. The van der Waals surface area contributed by atoms with Crippen LogP contribution in [0, 0.1) is 74.8 Å². The number of fused-ring (bicyclic) bond motifs is 4. The lowest BCUT2D eigenvalue weighted by Gasteiger charge is -2.26. The summed E-state index contributed by atoms with van der Waals surface area (Å²) in [5, 5.41) is 107. The van der Waals surface area contributed by atoms with Crippen molar-refractivity contribution < 1.29 is 81.2 Å². The summed E-state index contributed by atoms with van der Waals surface area (Å²) in [6.07, 6.45) is 8.22. The number of carbonyl (C=O) groups is 4. The van der Waals surface area contributed by atoms with Crippen molar-refractivity contribution in [3.8, 4) is 35.8 Å². The molecule has 36 nitrogen and oxygen atoms in total. The Balaban J connectivity index is 0.000000133. The van der Waals surface area contributed by atoms with Crippen molar-refractivity contribution >= 4 is 146 Å². The smallest absolute Gasteiger partial charge is 0.532 e. The third-order valence-corrected chi connectivity index (χ3v) is 20.9. The van der Waals surface area contributed by atoms with Crippen LogP contribution >= 0.6 is 27.5 Å². The summed E-state index contributed by atoms with van der Waals surface area (Å²) in [4.78, 5) is 47.7. The summed E-state index contributed by atoms with van der Waals surface area (Å²) in [5.74, 6) is 0.551. The lowest BCUT2D eigenvalue weighted by Crippen LogP contribution is -2.31. The number of carbonyl (C=O) groups excluding carboxylic acids is 4. The third-order valence-electron chi connectivity index (χ3n) is 19.9. The van der Waals surface area contributed by atoms with Crippen LogP contribution in [-0.2, 0) is 34.9 Å². The van der Waals surface area contributed by atoms with Crippen molar-refractivity contribution in [2.75, 3.05) is 74.1 Å². The highest BCUT2D eigenvalue weighted by molar-refractivity contribution is 9.15. The molecular formula is C71H71B4BrClFN20O16. The molecule has 43 heteroatoms. The molecule has 0 saturated carbocycles. The van der Waals surface area contributed by atoms with E-state index in [-0.39, 0.29) is 106 Å². The van der Waals surface area contributed by atoms with E-state index in [0.717, 1.165) is 16.6 Å². The Hall–Kier alpha value is -11.6. The van der Waals surface area contributed by atoms with Crippen LogP contribution < -0.4 is 64.4 Å². The Morgan fingerprint density at radius 1 is 0.535 bits per heavy atom. The molecule has 4 aromatic carbocycles. The zero-order valence-electron chi connectivity index (χ0n) is 60.5.